The molecule has 0 aromatic carbocycles. The highest BCUT2D eigenvalue weighted by Gasteiger charge is 2.33. The van der Waals surface area contributed by atoms with E-state index in [1.54, 1.807) is 0 Å². The fourth-order valence-electron chi connectivity index (χ4n) is 1.57. The van der Waals surface area contributed by atoms with Gasteiger partial charge in [0.15, 0.2) is 0 Å². The largest absolute Gasteiger partial charge is 0.480 e. The minimum absolute atomic E-state index is 0.115. The molecule has 1 rings (SSSR count). The topological polar surface area (TPSA) is 155 Å². The SMILES string of the molecule is NCC(=O)N(C(=O)CN)[C@@H](Cc1c[nH]cn1)C(=O)O. The van der Waals surface area contributed by atoms with Gasteiger partial charge in [-0.2, -0.15) is 0 Å². The molecule has 0 aliphatic carbocycles. The highest BCUT2D eigenvalue weighted by atomic mass is 16.4. The molecular weight excluding hydrogens is 254 g/mol. The summed E-state index contributed by atoms with van der Waals surface area (Å²) in [5.41, 5.74) is 10.8. The molecule has 1 aromatic rings. The Morgan fingerprint density at radius 3 is 2.26 bits per heavy atom. The van der Waals surface area contributed by atoms with Crippen molar-refractivity contribution in [1.82, 2.24) is 14.9 Å². The van der Waals surface area contributed by atoms with Crippen molar-refractivity contribution in [3.05, 3.63) is 18.2 Å². The molecule has 0 saturated carbocycles. The van der Waals surface area contributed by atoms with Gasteiger partial charge in [-0.25, -0.2) is 9.78 Å². The van der Waals surface area contributed by atoms with Crippen LogP contribution in [0, 0.1) is 0 Å². The molecule has 9 nitrogen and oxygen atoms in total. The molecule has 0 radical (unpaired) electrons. The second kappa shape index (κ2) is 6.61. The van der Waals surface area contributed by atoms with Crippen molar-refractivity contribution in [3.63, 3.8) is 0 Å². The van der Waals surface area contributed by atoms with Crippen LogP contribution in [0.4, 0.5) is 0 Å². The molecule has 9 heteroatoms. The maximum absolute atomic E-state index is 11.6. The van der Waals surface area contributed by atoms with E-state index < -0.39 is 36.9 Å². The van der Waals surface area contributed by atoms with E-state index in [-0.39, 0.29) is 6.42 Å². The summed E-state index contributed by atoms with van der Waals surface area (Å²) in [7, 11) is 0. The van der Waals surface area contributed by atoms with Crippen molar-refractivity contribution in [2.45, 2.75) is 12.5 Å². The summed E-state index contributed by atoms with van der Waals surface area (Å²) >= 11 is 0. The van der Waals surface area contributed by atoms with Gasteiger partial charge in [0, 0.05) is 12.6 Å². The number of amides is 2. The Labute approximate surface area is 108 Å². The number of nitrogens with one attached hydrogen (secondary N) is 1. The maximum Gasteiger partial charge on any atom is 0.327 e. The normalized spacial score (nSPS) is 11.9. The molecule has 104 valence electrons. The molecule has 6 N–H and O–H groups in total. The van der Waals surface area contributed by atoms with E-state index >= 15 is 0 Å². The van der Waals surface area contributed by atoms with Gasteiger partial charge in [0.25, 0.3) is 0 Å². The molecule has 2 amide bonds. The number of carbonyl (C=O) groups excluding carboxylic acids is 2. The number of hydrogen-bond donors (Lipinski definition) is 4. The number of aromatic amines is 1. The molecule has 1 atom stereocenters. The van der Waals surface area contributed by atoms with Crippen LogP contribution in [0.2, 0.25) is 0 Å². The van der Waals surface area contributed by atoms with Crippen molar-refractivity contribution in [2.75, 3.05) is 13.1 Å². The maximum atomic E-state index is 11.6. The number of carboxylic acids is 1. The zero-order valence-electron chi connectivity index (χ0n) is 10.1. The number of carboxylic acid groups (broad SMARTS) is 1. The number of hydrogen-bond acceptors (Lipinski definition) is 6. The highest BCUT2D eigenvalue weighted by molar-refractivity contribution is 6.00. The zero-order valence-corrected chi connectivity index (χ0v) is 10.1. The van der Waals surface area contributed by atoms with Gasteiger partial charge in [0.1, 0.15) is 6.04 Å². The average molecular weight is 269 g/mol. The molecule has 1 heterocycles. The lowest BCUT2D eigenvalue weighted by Gasteiger charge is -2.25. The van der Waals surface area contributed by atoms with Crippen LogP contribution in [0.15, 0.2) is 12.5 Å². The minimum atomic E-state index is -1.38. The second-order valence-electron chi connectivity index (χ2n) is 3.68. The van der Waals surface area contributed by atoms with Crippen LogP contribution < -0.4 is 11.5 Å². The fourth-order valence-corrected chi connectivity index (χ4v) is 1.57. The first-order chi connectivity index (χ1) is 9.01. The Kier molecular flexibility index (Phi) is 5.15. The van der Waals surface area contributed by atoms with Crippen LogP contribution >= 0.6 is 0 Å². The van der Waals surface area contributed by atoms with Crippen molar-refractivity contribution in [1.29, 1.82) is 0 Å². The van der Waals surface area contributed by atoms with E-state index in [2.05, 4.69) is 9.97 Å². The molecule has 0 bridgehead atoms. The summed E-state index contributed by atoms with van der Waals surface area (Å²) in [5, 5.41) is 9.17. The smallest absolute Gasteiger partial charge is 0.327 e. The Morgan fingerprint density at radius 2 is 1.89 bits per heavy atom. The first kappa shape index (κ1) is 14.8. The van der Waals surface area contributed by atoms with Crippen LogP contribution in [0.25, 0.3) is 0 Å². The summed E-state index contributed by atoms with van der Waals surface area (Å²) in [4.78, 5) is 41.6. The third kappa shape index (κ3) is 3.60. The molecule has 0 unspecified atom stereocenters. The van der Waals surface area contributed by atoms with Crippen LogP contribution in [0.1, 0.15) is 5.69 Å². The van der Waals surface area contributed by atoms with E-state index in [4.69, 9.17) is 16.6 Å². The van der Waals surface area contributed by atoms with Crippen molar-refractivity contribution >= 4 is 17.8 Å². The molecule has 0 aliphatic heterocycles. The zero-order chi connectivity index (χ0) is 14.4. The van der Waals surface area contributed by atoms with E-state index in [1.807, 2.05) is 0 Å². The number of rotatable bonds is 6. The van der Waals surface area contributed by atoms with E-state index in [0.29, 0.717) is 10.6 Å². The number of aromatic nitrogens is 2. The van der Waals surface area contributed by atoms with Gasteiger partial charge >= 0.3 is 5.97 Å². The summed E-state index contributed by atoms with van der Waals surface area (Å²) in [5.74, 6) is -2.91. The lowest BCUT2D eigenvalue weighted by atomic mass is 10.1. The average Bonchev–Trinajstić information content (AvgIpc) is 2.89. The highest BCUT2D eigenvalue weighted by Crippen LogP contribution is 2.08. The summed E-state index contributed by atoms with van der Waals surface area (Å²) in [6.07, 6.45) is 2.73. The van der Waals surface area contributed by atoms with Crippen molar-refractivity contribution < 1.29 is 19.5 Å². The number of imide groups is 1. The summed E-state index contributed by atoms with van der Waals surface area (Å²) in [6.45, 7) is -0.952. The van der Waals surface area contributed by atoms with Crippen LogP contribution in [0.5, 0.6) is 0 Å². The Bertz CT molecular complexity index is 442. The minimum Gasteiger partial charge on any atom is -0.480 e. The van der Waals surface area contributed by atoms with E-state index in [0.717, 1.165) is 0 Å². The van der Waals surface area contributed by atoms with Crippen molar-refractivity contribution in [3.8, 4) is 0 Å². The molecule has 19 heavy (non-hydrogen) atoms. The summed E-state index contributed by atoms with van der Waals surface area (Å²) in [6, 6.07) is -1.38. The number of imidazole rings is 1. The lowest BCUT2D eigenvalue weighted by Crippen LogP contribution is -2.53. The van der Waals surface area contributed by atoms with Gasteiger partial charge in [-0.3, -0.25) is 14.5 Å². The van der Waals surface area contributed by atoms with Gasteiger partial charge in [0.05, 0.1) is 25.1 Å². The van der Waals surface area contributed by atoms with Gasteiger partial charge in [-0.05, 0) is 0 Å². The molecule has 1 aromatic heterocycles. The number of aliphatic carboxylic acids is 1. The Morgan fingerprint density at radius 1 is 1.32 bits per heavy atom. The predicted molar refractivity (Wildman–Crippen MR) is 63.7 cm³/mol. The van der Waals surface area contributed by atoms with E-state index in [9.17, 15) is 14.4 Å². The molecule has 0 aliphatic rings. The number of carbonyl (C=O) groups is 3. The standard InChI is InChI=1S/C10H15N5O4/c11-2-8(16)15(9(17)3-12)7(10(18)19)1-6-4-13-5-14-6/h4-5,7H,1-3,11-12H2,(H,13,14)(H,18,19)/t7-/m0/s1. The Hall–Kier alpha value is -2.26. The van der Waals surface area contributed by atoms with Crippen LogP contribution in [-0.4, -0.2) is 56.9 Å². The van der Waals surface area contributed by atoms with Crippen molar-refractivity contribution in [2.24, 2.45) is 11.5 Å². The van der Waals surface area contributed by atoms with E-state index in [1.165, 1.54) is 12.5 Å². The lowest BCUT2D eigenvalue weighted by molar-refractivity contribution is -0.157. The first-order valence-corrected chi connectivity index (χ1v) is 5.46. The predicted octanol–water partition coefficient (Wildman–Crippen LogP) is -2.32. The monoisotopic (exact) mass is 269 g/mol. The number of nitrogens with zero attached hydrogens (tertiary/aromatic N) is 2. The Balaban J connectivity index is 3.01. The van der Waals surface area contributed by atoms with Gasteiger partial charge in [-0.15, -0.1) is 0 Å². The van der Waals surface area contributed by atoms with Crippen LogP contribution in [0.3, 0.4) is 0 Å². The second-order valence-corrected chi connectivity index (χ2v) is 3.68. The quantitative estimate of drug-likeness (QED) is 0.451. The first-order valence-electron chi connectivity index (χ1n) is 5.46. The molecule has 0 spiro atoms. The third-order valence-corrected chi connectivity index (χ3v) is 2.44. The molecular formula is C10H15N5O4. The van der Waals surface area contributed by atoms with Gasteiger partial charge in [0.2, 0.25) is 11.8 Å². The van der Waals surface area contributed by atoms with Gasteiger partial charge < -0.3 is 21.6 Å². The number of nitrogens with two attached hydrogens (primary N) is 2. The summed E-state index contributed by atoms with van der Waals surface area (Å²) < 4.78 is 0. The van der Waals surface area contributed by atoms with Crippen LogP contribution in [-0.2, 0) is 20.8 Å². The molecule has 0 saturated heterocycles. The third-order valence-electron chi connectivity index (χ3n) is 2.44. The van der Waals surface area contributed by atoms with Gasteiger partial charge in [-0.1, -0.05) is 0 Å². The molecule has 0 fully saturated rings. The fraction of sp³-hybridized carbons (Fsp3) is 0.400. The number of H-pyrrole nitrogens is 1.